The van der Waals surface area contributed by atoms with Crippen molar-refractivity contribution >= 4 is 11.9 Å². The Morgan fingerprint density at radius 1 is 1.41 bits per heavy atom. The number of nitrogens with zero attached hydrogens (tertiary/aromatic N) is 2. The van der Waals surface area contributed by atoms with Gasteiger partial charge in [-0.15, -0.1) is 0 Å². The van der Waals surface area contributed by atoms with Crippen LogP contribution in [0.2, 0.25) is 0 Å². The largest absolute Gasteiger partial charge is 0.481 e. The van der Waals surface area contributed by atoms with Crippen LogP contribution in [-0.2, 0) is 9.53 Å². The van der Waals surface area contributed by atoms with Gasteiger partial charge in [-0.05, 0) is 6.07 Å². The molecule has 2 heterocycles. The van der Waals surface area contributed by atoms with E-state index in [2.05, 4.69) is 4.98 Å². The molecule has 2 rings (SSSR count). The number of carboxylic acids is 1. The third-order valence-corrected chi connectivity index (χ3v) is 3.37. The molecule has 1 fully saturated rings. The Labute approximate surface area is 127 Å². The van der Waals surface area contributed by atoms with E-state index in [1.807, 2.05) is 0 Å². The molecule has 0 unspecified atom stereocenters. The molecule has 1 aromatic rings. The molecule has 1 atom stereocenters. The number of hydrogen-bond acceptors (Lipinski definition) is 6. The number of carbonyl (C=O) groups is 2. The molecule has 8 heteroatoms. The molecule has 0 aromatic carbocycles. The lowest BCUT2D eigenvalue weighted by Gasteiger charge is -2.35. The van der Waals surface area contributed by atoms with Gasteiger partial charge in [0.1, 0.15) is 5.56 Å². The fourth-order valence-electron chi connectivity index (χ4n) is 2.30. The van der Waals surface area contributed by atoms with Crippen LogP contribution in [0.3, 0.4) is 0 Å². The third-order valence-electron chi connectivity index (χ3n) is 3.37. The lowest BCUT2D eigenvalue weighted by Crippen LogP contribution is -2.49. The molecule has 0 radical (unpaired) electrons. The lowest BCUT2D eigenvalue weighted by atomic mass is 10.1. The second-order valence-corrected chi connectivity index (χ2v) is 4.74. The highest BCUT2D eigenvalue weighted by Gasteiger charge is 2.31. The number of hydrogen-bond donors (Lipinski definition) is 1. The molecule has 22 heavy (non-hydrogen) atoms. The highest BCUT2D eigenvalue weighted by atomic mass is 16.5. The lowest BCUT2D eigenvalue weighted by molar-refractivity contribution is -0.139. The average Bonchev–Trinajstić information content (AvgIpc) is 2.53. The van der Waals surface area contributed by atoms with Gasteiger partial charge in [0, 0.05) is 12.6 Å². The average molecular weight is 310 g/mol. The van der Waals surface area contributed by atoms with Crippen molar-refractivity contribution in [3.8, 4) is 11.8 Å². The zero-order valence-electron chi connectivity index (χ0n) is 12.4. The van der Waals surface area contributed by atoms with E-state index in [0.717, 1.165) is 0 Å². The number of pyridine rings is 1. The molecule has 1 saturated heterocycles. The van der Waals surface area contributed by atoms with Gasteiger partial charge in [0.25, 0.3) is 5.91 Å². The molecule has 1 aliphatic heterocycles. The standard InChI is InChI=1S/C14H18N2O6/c1-20-11-4-3-10(13(15-11)21-2)14(19)16-5-6-22-8-9(16)7-12(17)18/h3-4,9H,5-8H2,1-2H3,(H,17,18)/t9-/m1/s1. The minimum atomic E-state index is -0.979. The van der Waals surface area contributed by atoms with E-state index >= 15 is 0 Å². The molecule has 0 aliphatic carbocycles. The highest BCUT2D eigenvalue weighted by Crippen LogP contribution is 2.23. The van der Waals surface area contributed by atoms with Gasteiger partial charge in [-0.25, -0.2) is 0 Å². The summed E-state index contributed by atoms with van der Waals surface area (Å²) in [5, 5.41) is 8.96. The molecule has 8 nitrogen and oxygen atoms in total. The first kappa shape index (κ1) is 16.0. The zero-order valence-corrected chi connectivity index (χ0v) is 12.4. The summed E-state index contributed by atoms with van der Waals surface area (Å²) < 4.78 is 15.4. The number of aliphatic carboxylic acids is 1. The van der Waals surface area contributed by atoms with Crippen LogP contribution >= 0.6 is 0 Å². The second kappa shape index (κ2) is 7.08. The Morgan fingerprint density at radius 2 is 2.18 bits per heavy atom. The smallest absolute Gasteiger partial charge is 0.305 e. The molecule has 1 aliphatic rings. The van der Waals surface area contributed by atoms with Crippen LogP contribution in [0.1, 0.15) is 16.8 Å². The highest BCUT2D eigenvalue weighted by molar-refractivity contribution is 5.97. The van der Waals surface area contributed by atoms with Gasteiger partial charge in [-0.3, -0.25) is 9.59 Å². The van der Waals surface area contributed by atoms with Crippen LogP contribution in [0, 0.1) is 0 Å². The number of morpholine rings is 1. The van der Waals surface area contributed by atoms with Crippen LogP contribution in [0.25, 0.3) is 0 Å². The summed E-state index contributed by atoms with van der Waals surface area (Å²) >= 11 is 0. The summed E-state index contributed by atoms with van der Waals surface area (Å²) in [6.45, 7) is 0.893. The van der Waals surface area contributed by atoms with Crippen molar-refractivity contribution in [1.82, 2.24) is 9.88 Å². The third kappa shape index (κ3) is 3.45. The Balaban J connectivity index is 2.26. The number of methoxy groups -OCH3 is 2. The van der Waals surface area contributed by atoms with Gasteiger partial charge < -0.3 is 24.2 Å². The van der Waals surface area contributed by atoms with Crippen LogP contribution < -0.4 is 9.47 Å². The number of amides is 1. The monoisotopic (exact) mass is 310 g/mol. The van der Waals surface area contributed by atoms with Crippen LogP contribution in [0.15, 0.2) is 12.1 Å². The van der Waals surface area contributed by atoms with E-state index in [-0.39, 0.29) is 30.4 Å². The van der Waals surface area contributed by atoms with E-state index in [4.69, 9.17) is 19.3 Å². The summed E-state index contributed by atoms with van der Waals surface area (Å²) in [5.74, 6) is -0.836. The van der Waals surface area contributed by atoms with E-state index in [9.17, 15) is 9.59 Å². The number of ether oxygens (including phenoxy) is 3. The summed E-state index contributed by atoms with van der Waals surface area (Å²) in [6, 6.07) is 2.61. The fourth-order valence-corrected chi connectivity index (χ4v) is 2.30. The molecule has 120 valence electrons. The van der Waals surface area contributed by atoms with Crippen LogP contribution in [0.4, 0.5) is 0 Å². The van der Waals surface area contributed by atoms with E-state index < -0.39 is 12.0 Å². The van der Waals surface area contributed by atoms with Gasteiger partial charge >= 0.3 is 5.97 Å². The maximum atomic E-state index is 12.7. The Hall–Kier alpha value is -2.35. The molecular weight excluding hydrogens is 292 g/mol. The number of aromatic nitrogens is 1. The van der Waals surface area contributed by atoms with Gasteiger partial charge in [-0.2, -0.15) is 4.98 Å². The van der Waals surface area contributed by atoms with Crippen molar-refractivity contribution in [2.75, 3.05) is 34.0 Å². The molecule has 0 bridgehead atoms. The first-order valence-electron chi connectivity index (χ1n) is 6.76. The maximum Gasteiger partial charge on any atom is 0.305 e. The van der Waals surface area contributed by atoms with E-state index in [0.29, 0.717) is 19.0 Å². The fraction of sp³-hybridized carbons (Fsp3) is 0.500. The van der Waals surface area contributed by atoms with E-state index in [1.165, 1.54) is 19.1 Å². The molecule has 1 N–H and O–H groups in total. The van der Waals surface area contributed by atoms with Crippen molar-refractivity contribution in [3.05, 3.63) is 17.7 Å². The predicted octanol–water partition coefficient (Wildman–Crippen LogP) is 0.414. The van der Waals surface area contributed by atoms with Gasteiger partial charge in [0.2, 0.25) is 11.8 Å². The van der Waals surface area contributed by atoms with E-state index in [1.54, 1.807) is 12.1 Å². The van der Waals surface area contributed by atoms with Crippen molar-refractivity contribution in [3.63, 3.8) is 0 Å². The Morgan fingerprint density at radius 3 is 2.82 bits per heavy atom. The molecular formula is C14H18N2O6. The van der Waals surface area contributed by atoms with Gasteiger partial charge in [0.05, 0.1) is 39.9 Å². The summed E-state index contributed by atoms with van der Waals surface area (Å²) in [7, 11) is 2.88. The normalized spacial score (nSPS) is 17.9. The second-order valence-electron chi connectivity index (χ2n) is 4.74. The number of carbonyl (C=O) groups excluding carboxylic acids is 1. The van der Waals surface area contributed by atoms with Crippen molar-refractivity contribution in [1.29, 1.82) is 0 Å². The Kier molecular flexibility index (Phi) is 5.16. The summed E-state index contributed by atoms with van der Waals surface area (Å²) in [6.07, 6.45) is -0.169. The molecule has 1 amide bonds. The Bertz CT molecular complexity index is 562. The quantitative estimate of drug-likeness (QED) is 0.841. The van der Waals surface area contributed by atoms with Crippen LogP contribution in [-0.4, -0.2) is 66.9 Å². The van der Waals surface area contributed by atoms with Crippen molar-refractivity contribution in [2.24, 2.45) is 0 Å². The predicted molar refractivity (Wildman–Crippen MR) is 75.2 cm³/mol. The SMILES string of the molecule is COc1ccc(C(=O)N2CCOC[C@H]2CC(=O)O)c(OC)n1. The number of carboxylic acid groups (broad SMARTS) is 1. The summed E-state index contributed by atoms with van der Waals surface area (Å²) in [5.41, 5.74) is 0.264. The topological polar surface area (TPSA) is 98.2 Å². The zero-order chi connectivity index (χ0) is 16.1. The minimum Gasteiger partial charge on any atom is -0.481 e. The maximum absolute atomic E-state index is 12.7. The van der Waals surface area contributed by atoms with Crippen molar-refractivity contribution < 1.29 is 28.9 Å². The first-order chi connectivity index (χ1) is 10.6. The summed E-state index contributed by atoms with van der Waals surface area (Å²) in [4.78, 5) is 29.2. The van der Waals surface area contributed by atoms with Crippen LogP contribution in [0.5, 0.6) is 11.8 Å². The number of rotatable bonds is 5. The molecule has 1 aromatic heterocycles. The molecule has 0 saturated carbocycles. The van der Waals surface area contributed by atoms with Crippen molar-refractivity contribution in [2.45, 2.75) is 12.5 Å². The van der Waals surface area contributed by atoms with Gasteiger partial charge in [-0.1, -0.05) is 0 Å². The minimum absolute atomic E-state index is 0.143. The van der Waals surface area contributed by atoms with Gasteiger partial charge in [0.15, 0.2) is 0 Å². The molecule has 0 spiro atoms. The first-order valence-corrected chi connectivity index (χ1v) is 6.76.